The van der Waals surface area contributed by atoms with Crippen LogP contribution in [0.5, 0.6) is 0 Å². The van der Waals surface area contributed by atoms with Gasteiger partial charge in [-0.05, 0) is 63.4 Å². The quantitative estimate of drug-likeness (QED) is 0.768. The summed E-state index contributed by atoms with van der Waals surface area (Å²) in [7, 11) is 3.71. The second-order valence-electron chi connectivity index (χ2n) is 7.96. The first-order valence-electron chi connectivity index (χ1n) is 9.94. The van der Waals surface area contributed by atoms with Gasteiger partial charge in [-0.15, -0.1) is 0 Å². The van der Waals surface area contributed by atoms with Crippen molar-refractivity contribution < 1.29 is 14.0 Å². The standard InChI is InChI=1S/C21H30FN3O2/c1-23(2)20(17-5-3-6-18(22)15-17)21(27)25-13-9-16(10-14-25)8-12-24-11-4-7-19(24)26/h3,5-6,15-16,20H,4,7-14H2,1-2H3/t20-/m1/s1. The Bertz CT molecular complexity index is 671. The van der Waals surface area contributed by atoms with Crippen LogP contribution in [0, 0.1) is 11.7 Å². The number of amides is 2. The number of rotatable bonds is 6. The van der Waals surface area contributed by atoms with Crippen LogP contribution in [-0.4, -0.2) is 66.8 Å². The third kappa shape index (κ3) is 4.86. The third-order valence-corrected chi connectivity index (χ3v) is 5.82. The van der Waals surface area contributed by atoms with Crippen molar-refractivity contribution in [3.63, 3.8) is 0 Å². The molecule has 3 rings (SSSR count). The van der Waals surface area contributed by atoms with Gasteiger partial charge < -0.3 is 9.80 Å². The number of nitrogens with zero attached hydrogens (tertiary/aromatic N) is 3. The highest BCUT2D eigenvalue weighted by atomic mass is 19.1. The molecule has 0 N–H and O–H groups in total. The van der Waals surface area contributed by atoms with Crippen LogP contribution in [0.15, 0.2) is 24.3 Å². The molecule has 2 fully saturated rings. The van der Waals surface area contributed by atoms with E-state index in [1.54, 1.807) is 6.07 Å². The molecule has 2 saturated heterocycles. The molecule has 0 unspecified atom stereocenters. The normalized spacial score (nSPS) is 19.8. The van der Waals surface area contributed by atoms with Gasteiger partial charge in [-0.25, -0.2) is 4.39 Å². The van der Waals surface area contributed by atoms with Crippen LogP contribution in [0.25, 0.3) is 0 Å². The van der Waals surface area contributed by atoms with Crippen molar-refractivity contribution in [2.24, 2.45) is 5.92 Å². The van der Waals surface area contributed by atoms with Crippen molar-refractivity contribution in [1.82, 2.24) is 14.7 Å². The Morgan fingerprint density at radius 2 is 2.00 bits per heavy atom. The molecule has 6 heteroatoms. The van der Waals surface area contributed by atoms with E-state index in [9.17, 15) is 14.0 Å². The predicted molar refractivity (Wildman–Crippen MR) is 103 cm³/mol. The van der Waals surface area contributed by atoms with E-state index in [0.717, 1.165) is 51.9 Å². The SMILES string of the molecule is CN(C)[C@@H](C(=O)N1CCC(CCN2CCCC2=O)CC1)c1cccc(F)c1. The summed E-state index contributed by atoms with van der Waals surface area (Å²) in [6.45, 7) is 3.21. The fraction of sp³-hybridized carbons (Fsp3) is 0.619. The zero-order chi connectivity index (χ0) is 19.4. The molecule has 0 spiro atoms. The molecule has 0 bridgehead atoms. The molecule has 2 aliphatic heterocycles. The number of benzene rings is 1. The van der Waals surface area contributed by atoms with Gasteiger partial charge in [0.15, 0.2) is 0 Å². The minimum Gasteiger partial charge on any atom is -0.343 e. The zero-order valence-corrected chi connectivity index (χ0v) is 16.4. The number of halogens is 1. The molecular weight excluding hydrogens is 345 g/mol. The van der Waals surface area contributed by atoms with Gasteiger partial charge in [-0.2, -0.15) is 0 Å². The van der Waals surface area contributed by atoms with Crippen molar-refractivity contribution in [2.75, 3.05) is 40.3 Å². The zero-order valence-electron chi connectivity index (χ0n) is 16.4. The van der Waals surface area contributed by atoms with Crippen molar-refractivity contribution in [3.8, 4) is 0 Å². The van der Waals surface area contributed by atoms with E-state index in [2.05, 4.69) is 0 Å². The molecule has 1 aromatic carbocycles. The van der Waals surface area contributed by atoms with Gasteiger partial charge in [0.25, 0.3) is 0 Å². The molecular formula is C21H30FN3O2. The van der Waals surface area contributed by atoms with E-state index in [4.69, 9.17) is 0 Å². The number of hydrogen-bond donors (Lipinski definition) is 0. The van der Waals surface area contributed by atoms with Crippen LogP contribution in [-0.2, 0) is 9.59 Å². The maximum Gasteiger partial charge on any atom is 0.244 e. The van der Waals surface area contributed by atoms with Crippen molar-refractivity contribution in [2.45, 2.75) is 38.1 Å². The first kappa shape index (κ1) is 19.8. The molecule has 27 heavy (non-hydrogen) atoms. The van der Waals surface area contributed by atoms with Gasteiger partial charge in [0.1, 0.15) is 11.9 Å². The summed E-state index contributed by atoms with van der Waals surface area (Å²) in [6.07, 6.45) is 4.64. The fourth-order valence-electron chi connectivity index (χ4n) is 4.23. The van der Waals surface area contributed by atoms with E-state index >= 15 is 0 Å². The smallest absolute Gasteiger partial charge is 0.244 e. The van der Waals surface area contributed by atoms with Gasteiger partial charge >= 0.3 is 0 Å². The van der Waals surface area contributed by atoms with Crippen molar-refractivity contribution >= 4 is 11.8 Å². The lowest BCUT2D eigenvalue weighted by Crippen LogP contribution is -2.44. The molecule has 5 nitrogen and oxygen atoms in total. The van der Waals surface area contributed by atoms with Crippen LogP contribution in [0.4, 0.5) is 4.39 Å². The topological polar surface area (TPSA) is 43.9 Å². The van der Waals surface area contributed by atoms with Crippen LogP contribution < -0.4 is 0 Å². The van der Waals surface area contributed by atoms with Crippen LogP contribution in [0.3, 0.4) is 0 Å². The van der Waals surface area contributed by atoms with Gasteiger partial charge in [0, 0.05) is 32.6 Å². The minimum absolute atomic E-state index is 0.0405. The lowest BCUT2D eigenvalue weighted by Gasteiger charge is -2.36. The Kier molecular flexibility index (Phi) is 6.47. The molecule has 1 atom stereocenters. The van der Waals surface area contributed by atoms with E-state index in [-0.39, 0.29) is 17.6 Å². The number of likely N-dealkylation sites (N-methyl/N-ethyl adjacent to an activating group) is 1. The summed E-state index contributed by atoms with van der Waals surface area (Å²) in [5.74, 6) is 0.571. The molecule has 148 valence electrons. The highest BCUT2D eigenvalue weighted by Crippen LogP contribution is 2.27. The van der Waals surface area contributed by atoms with E-state index < -0.39 is 6.04 Å². The highest BCUT2D eigenvalue weighted by Gasteiger charge is 2.31. The van der Waals surface area contributed by atoms with Gasteiger partial charge in [-0.3, -0.25) is 14.5 Å². The predicted octanol–water partition coefficient (Wildman–Crippen LogP) is 2.68. The maximum absolute atomic E-state index is 13.6. The number of piperidine rings is 1. The van der Waals surface area contributed by atoms with E-state index in [1.165, 1.54) is 12.1 Å². The molecule has 0 aromatic heterocycles. The van der Waals surface area contributed by atoms with Crippen LogP contribution >= 0.6 is 0 Å². The Morgan fingerprint density at radius 3 is 2.59 bits per heavy atom. The second-order valence-corrected chi connectivity index (χ2v) is 7.96. The molecule has 2 heterocycles. The monoisotopic (exact) mass is 375 g/mol. The first-order chi connectivity index (χ1) is 13.0. The molecule has 2 amide bonds. The van der Waals surface area contributed by atoms with E-state index in [0.29, 0.717) is 17.9 Å². The summed E-state index contributed by atoms with van der Waals surface area (Å²) in [5.41, 5.74) is 0.694. The van der Waals surface area contributed by atoms with Crippen molar-refractivity contribution in [1.29, 1.82) is 0 Å². The van der Waals surface area contributed by atoms with Gasteiger partial charge in [0.2, 0.25) is 11.8 Å². The summed E-state index contributed by atoms with van der Waals surface area (Å²) >= 11 is 0. The minimum atomic E-state index is -0.459. The molecule has 0 radical (unpaired) electrons. The first-order valence-corrected chi connectivity index (χ1v) is 9.94. The lowest BCUT2D eigenvalue weighted by atomic mass is 9.92. The number of likely N-dealkylation sites (tertiary alicyclic amines) is 2. The molecule has 1 aromatic rings. The summed E-state index contributed by atoms with van der Waals surface area (Å²) < 4.78 is 13.6. The van der Waals surface area contributed by atoms with E-state index in [1.807, 2.05) is 34.9 Å². The maximum atomic E-state index is 13.6. The Morgan fingerprint density at radius 1 is 1.26 bits per heavy atom. The second kappa shape index (κ2) is 8.83. The largest absolute Gasteiger partial charge is 0.343 e. The Labute approximate surface area is 161 Å². The summed E-state index contributed by atoms with van der Waals surface area (Å²) in [4.78, 5) is 30.5. The molecule has 0 saturated carbocycles. The summed E-state index contributed by atoms with van der Waals surface area (Å²) in [5, 5.41) is 0. The highest BCUT2D eigenvalue weighted by molar-refractivity contribution is 5.83. The third-order valence-electron chi connectivity index (χ3n) is 5.82. The molecule has 2 aliphatic rings. The average molecular weight is 375 g/mol. The Hall–Kier alpha value is -1.95. The fourth-order valence-corrected chi connectivity index (χ4v) is 4.23. The lowest BCUT2D eigenvalue weighted by molar-refractivity contribution is -0.137. The van der Waals surface area contributed by atoms with Gasteiger partial charge in [-0.1, -0.05) is 12.1 Å². The number of hydrogen-bond acceptors (Lipinski definition) is 3. The van der Waals surface area contributed by atoms with Crippen molar-refractivity contribution in [3.05, 3.63) is 35.6 Å². The number of carbonyl (C=O) groups excluding carboxylic acids is 2. The van der Waals surface area contributed by atoms with Crippen LogP contribution in [0.1, 0.15) is 43.7 Å². The van der Waals surface area contributed by atoms with Gasteiger partial charge in [0.05, 0.1) is 0 Å². The summed E-state index contributed by atoms with van der Waals surface area (Å²) in [6, 6.07) is 5.85. The van der Waals surface area contributed by atoms with Crippen LogP contribution in [0.2, 0.25) is 0 Å². The number of carbonyl (C=O) groups is 2. The average Bonchev–Trinajstić information content (AvgIpc) is 3.05. The Balaban J connectivity index is 1.54. The molecule has 0 aliphatic carbocycles.